The van der Waals surface area contributed by atoms with Crippen molar-refractivity contribution in [3.8, 4) is 5.75 Å². The maximum Gasteiger partial charge on any atom is 0.122 e. The minimum Gasteiger partial charge on any atom is -0.496 e. The minimum atomic E-state index is 0.332. The summed E-state index contributed by atoms with van der Waals surface area (Å²) in [6.45, 7) is 6.95. The lowest BCUT2D eigenvalue weighted by molar-refractivity contribution is -0.0820. The number of morpholine rings is 1. The summed E-state index contributed by atoms with van der Waals surface area (Å²) in [7, 11) is 1.73. The molecule has 2 unspecified atom stereocenters. The summed E-state index contributed by atoms with van der Waals surface area (Å²) in [6.07, 6.45) is 2.09. The van der Waals surface area contributed by atoms with Gasteiger partial charge in [0.1, 0.15) is 5.75 Å². The Morgan fingerprint density at radius 3 is 2.48 bits per heavy atom. The molecule has 2 atom stereocenters. The quantitative estimate of drug-likeness (QED) is 0.925. The summed E-state index contributed by atoms with van der Waals surface area (Å²) in [5.74, 6) is 0.973. The van der Waals surface area contributed by atoms with Crippen LogP contribution >= 0.6 is 0 Å². The highest BCUT2D eigenvalue weighted by molar-refractivity contribution is 5.43. The monoisotopic (exact) mass is 290 g/mol. The first kappa shape index (κ1) is 14.8. The number of ether oxygens (including phenoxy) is 2. The van der Waals surface area contributed by atoms with Gasteiger partial charge in [0, 0.05) is 24.7 Å². The molecule has 0 spiro atoms. The highest BCUT2D eigenvalue weighted by Crippen LogP contribution is 2.31. The van der Waals surface area contributed by atoms with Gasteiger partial charge in [0.25, 0.3) is 0 Å². The number of benzene rings is 1. The second-order valence-electron chi connectivity index (χ2n) is 6.43. The third-order valence-electron chi connectivity index (χ3n) is 5.13. The van der Waals surface area contributed by atoms with Gasteiger partial charge in [0.2, 0.25) is 0 Å². The number of hydrogen-bond donors (Lipinski definition) is 1. The molecule has 1 aromatic carbocycles. The molecule has 2 aliphatic heterocycles. The summed E-state index contributed by atoms with van der Waals surface area (Å²) in [4.78, 5) is 2.60. The molecule has 0 saturated carbocycles. The molecule has 4 nitrogen and oxygen atoms in total. The van der Waals surface area contributed by atoms with Crippen molar-refractivity contribution in [1.29, 1.82) is 0 Å². The highest BCUT2D eigenvalue weighted by atomic mass is 16.5. The third-order valence-corrected chi connectivity index (χ3v) is 5.13. The Hall–Kier alpha value is -1.10. The molecule has 0 aliphatic carbocycles. The van der Waals surface area contributed by atoms with E-state index in [9.17, 15) is 0 Å². The molecular formula is C17H26N2O2. The van der Waals surface area contributed by atoms with Gasteiger partial charge in [-0.1, -0.05) is 6.07 Å². The van der Waals surface area contributed by atoms with Gasteiger partial charge in [-0.25, -0.2) is 0 Å². The Morgan fingerprint density at radius 2 is 1.86 bits per heavy atom. The Morgan fingerprint density at radius 1 is 1.19 bits per heavy atom. The molecule has 3 rings (SSSR count). The Balaban J connectivity index is 1.82. The van der Waals surface area contributed by atoms with Gasteiger partial charge in [-0.05, 0) is 49.4 Å². The second-order valence-corrected chi connectivity index (χ2v) is 6.43. The lowest BCUT2D eigenvalue weighted by Crippen LogP contribution is -2.59. The van der Waals surface area contributed by atoms with Crippen molar-refractivity contribution in [2.24, 2.45) is 5.73 Å². The molecule has 4 heteroatoms. The maximum absolute atomic E-state index is 6.17. The Bertz CT molecular complexity index is 504. The van der Waals surface area contributed by atoms with Crippen LogP contribution in [-0.4, -0.2) is 43.3 Å². The summed E-state index contributed by atoms with van der Waals surface area (Å²) in [6, 6.07) is 5.55. The average molecular weight is 290 g/mol. The first-order valence-electron chi connectivity index (χ1n) is 7.82. The molecule has 1 aromatic rings. The molecule has 2 N–H and O–H groups in total. The van der Waals surface area contributed by atoms with Crippen LogP contribution in [0.5, 0.6) is 5.75 Å². The highest BCUT2D eigenvalue weighted by Gasteiger charge is 2.37. The maximum atomic E-state index is 6.17. The molecule has 0 radical (unpaired) electrons. The predicted molar refractivity (Wildman–Crippen MR) is 83.6 cm³/mol. The number of nitrogens with zero attached hydrogens (tertiary/aromatic N) is 1. The van der Waals surface area contributed by atoms with Gasteiger partial charge >= 0.3 is 0 Å². The van der Waals surface area contributed by atoms with Gasteiger partial charge in [0.15, 0.2) is 0 Å². The molecule has 2 aliphatic rings. The molecule has 2 bridgehead atoms. The van der Waals surface area contributed by atoms with Crippen LogP contribution in [0, 0.1) is 13.8 Å². The van der Waals surface area contributed by atoms with E-state index in [1.54, 1.807) is 7.11 Å². The summed E-state index contributed by atoms with van der Waals surface area (Å²) < 4.78 is 11.1. The fraction of sp³-hybridized carbons (Fsp3) is 0.647. The van der Waals surface area contributed by atoms with Crippen molar-refractivity contribution in [3.63, 3.8) is 0 Å². The van der Waals surface area contributed by atoms with Gasteiger partial charge in [-0.3, -0.25) is 4.90 Å². The first-order valence-corrected chi connectivity index (χ1v) is 7.82. The average Bonchev–Trinajstić information content (AvgIpc) is 2.45. The Kier molecular flexibility index (Phi) is 4.20. The zero-order valence-electron chi connectivity index (χ0n) is 13.3. The number of hydrogen-bond acceptors (Lipinski definition) is 4. The van der Waals surface area contributed by atoms with Gasteiger partial charge in [0.05, 0.1) is 20.3 Å². The van der Waals surface area contributed by atoms with E-state index in [1.165, 1.54) is 16.7 Å². The van der Waals surface area contributed by atoms with Gasteiger partial charge in [-0.2, -0.15) is 0 Å². The van der Waals surface area contributed by atoms with Gasteiger partial charge in [-0.15, -0.1) is 0 Å². The summed E-state index contributed by atoms with van der Waals surface area (Å²) in [5, 5.41) is 0. The van der Waals surface area contributed by atoms with Crippen LogP contribution in [0.15, 0.2) is 12.1 Å². The first-order chi connectivity index (χ1) is 10.1. The number of fused-ring (bicyclic) bond motifs is 2. The number of nitrogens with two attached hydrogens (primary N) is 1. The summed E-state index contributed by atoms with van der Waals surface area (Å²) in [5.41, 5.74) is 10.1. The van der Waals surface area contributed by atoms with E-state index in [-0.39, 0.29) is 0 Å². The SMILES string of the molecule is COc1ccc(CN2C3COCC2CC(N)C3)c(C)c1C. The largest absolute Gasteiger partial charge is 0.496 e. The van der Waals surface area contributed by atoms with Crippen LogP contribution in [0.2, 0.25) is 0 Å². The zero-order valence-corrected chi connectivity index (χ0v) is 13.3. The number of rotatable bonds is 3. The fourth-order valence-corrected chi connectivity index (χ4v) is 3.73. The zero-order chi connectivity index (χ0) is 15.0. The lowest BCUT2D eigenvalue weighted by atomic mass is 9.89. The van der Waals surface area contributed by atoms with Crippen molar-refractivity contribution >= 4 is 0 Å². The van der Waals surface area contributed by atoms with Gasteiger partial charge < -0.3 is 15.2 Å². The molecule has 21 heavy (non-hydrogen) atoms. The molecular weight excluding hydrogens is 264 g/mol. The predicted octanol–water partition coefficient (Wildman–Crippen LogP) is 2.00. The van der Waals surface area contributed by atoms with E-state index in [1.807, 2.05) is 0 Å². The van der Waals surface area contributed by atoms with Crippen LogP contribution < -0.4 is 10.5 Å². The molecule has 2 heterocycles. The van der Waals surface area contributed by atoms with E-state index in [2.05, 4.69) is 30.9 Å². The topological polar surface area (TPSA) is 47.7 Å². The number of piperidine rings is 1. The standard InChI is InChI=1S/C17H26N2O2/c1-11-12(2)17(20-3)5-4-13(11)8-19-15-6-14(18)7-16(19)10-21-9-15/h4-5,14-16H,6-10,18H2,1-3H3. The van der Waals surface area contributed by atoms with E-state index >= 15 is 0 Å². The van der Waals surface area contributed by atoms with E-state index in [4.69, 9.17) is 15.2 Å². The fourth-order valence-electron chi connectivity index (χ4n) is 3.73. The van der Waals surface area contributed by atoms with Crippen molar-refractivity contribution in [1.82, 2.24) is 4.90 Å². The van der Waals surface area contributed by atoms with E-state index in [0.29, 0.717) is 18.1 Å². The molecule has 2 fully saturated rings. The van der Waals surface area contributed by atoms with Crippen molar-refractivity contribution < 1.29 is 9.47 Å². The van der Waals surface area contributed by atoms with E-state index < -0.39 is 0 Å². The smallest absolute Gasteiger partial charge is 0.122 e. The molecule has 0 amide bonds. The molecule has 0 aromatic heterocycles. The van der Waals surface area contributed by atoms with Crippen LogP contribution in [0.1, 0.15) is 29.5 Å². The van der Waals surface area contributed by atoms with Crippen molar-refractivity contribution in [2.75, 3.05) is 20.3 Å². The Labute approximate surface area is 127 Å². The van der Waals surface area contributed by atoms with Crippen molar-refractivity contribution in [3.05, 3.63) is 28.8 Å². The summed E-state index contributed by atoms with van der Waals surface area (Å²) >= 11 is 0. The molecule has 116 valence electrons. The lowest BCUT2D eigenvalue weighted by Gasteiger charge is -2.48. The minimum absolute atomic E-state index is 0.332. The van der Waals surface area contributed by atoms with Crippen LogP contribution in [0.25, 0.3) is 0 Å². The number of methoxy groups -OCH3 is 1. The third kappa shape index (κ3) is 2.80. The van der Waals surface area contributed by atoms with Crippen LogP contribution in [-0.2, 0) is 11.3 Å². The van der Waals surface area contributed by atoms with Crippen molar-refractivity contribution in [2.45, 2.75) is 51.4 Å². The second kappa shape index (κ2) is 5.95. The van der Waals surface area contributed by atoms with Crippen LogP contribution in [0.3, 0.4) is 0 Å². The molecule has 2 saturated heterocycles. The normalized spacial score (nSPS) is 29.4. The van der Waals surface area contributed by atoms with E-state index in [0.717, 1.165) is 38.3 Å². The van der Waals surface area contributed by atoms with Crippen LogP contribution in [0.4, 0.5) is 0 Å².